The van der Waals surface area contributed by atoms with Crippen LogP contribution in [0.5, 0.6) is 5.75 Å². The van der Waals surface area contributed by atoms with E-state index in [2.05, 4.69) is 10.3 Å². The third kappa shape index (κ3) is 3.91. The second-order valence-electron chi connectivity index (χ2n) is 4.46. The van der Waals surface area contributed by atoms with Crippen LogP contribution in [0.25, 0.3) is 0 Å². The van der Waals surface area contributed by atoms with Gasteiger partial charge in [0.25, 0.3) is 5.22 Å². The average Bonchev–Trinajstić information content (AvgIpc) is 2.85. The molecule has 2 rings (SSSR count). The van der Waals surface area contributed by atoms with Crippen molar-refractivity contribution in [2.75, 3.05) is 18.2 Å². The second-order valence-corrected chi connectivity index (χ2v) is 5.76. The van der Waals surface area contributed by atoms with E-state index >= 15 is 0 Å². The summed E-state index contributed by atoms with van der Waals surface area (Å²) in [5.74, 6) is 0.353. The van der Waals surface area contributed by atoms with Crippen molar-refractivity contribution < 1.29 is 13.9 Å². The first-order chi connectivity index (χ1) is 9.99. The molecule has 0 saturated heterocycles. The fourth-order valence-corrected chi connectivity index (χ4v) is 2.41. The van der Waals surface area contributed by atoms with E-state index in [0.29, 0.717) is 22.3 Å². The molecule has 0 saturated carbocycles. The van der Waals surface area contributed by atoms with E-state index in [-0.39, 0.29) is 11.2 Å². The van der Waals surface area contributed by atoms with Crippen LogP contribution in [0.3, 0.4) is 0 Å². The van der Waals surface area contributed by atoms with E-state index in [9.17, 15) is 4.79 Å². The van der Waals surface area contributed by atoms with Crippen molar-refractivity contribution in [1.82, 2.24) is 4.98 Å². The molecule has 1 aromatic heterocycles. The quantitative estimate of drug-likeness (QED) is 0.652. The average molecular weight is 307 g/mol. The van der Waals surface area contributed by atoms with Crippen LogP contribution in [0.15, 0.2) is 34.1 Å². The minimum absolute atomic E-state index is 0.168. The number of carbonyl (C=O) groups is 1. The molecule has 0 aliphatic carbocycles. The van der Waals surface area contributed by atoms with Crippen LogP contribution >= 0.6 is 11.8 Å². The van der Waals surface area contributed by atoms with E-state index in [0.717, 1.165) is 5.69 Å². The molecule has 0 spiro atoms. The predicted molar refractivity (Wildman–Crippen MR) is 82.6 cm³/mol. The minimum atomic E-state index is -0.356. The van der Waals surface area contributed by atoms with Gasteiger partial charge in [-0.25, -0.2) is 4.98 Å². The number of nitrogens with zero attached hydrogens (tertiary/aromatic N) is 1. The number of anilines is 2. The van der Waals surface area contributed by atoms with E-state index in [1.54, 1.807) is 31.4 Å². The lowest BCUT2D eigenvalue weighted by atomic mass is 10.2. The van der Waals surface area contributed by atoms with Gasteiger partial charge in [-0.3, -0.25) is 4.79 Å². The summed E-state index contributed by atoms with van der Waals surface area (Å²) in [4.78, 5) is 16.3. The molecule has 112 valence electrons. The number of rotatable bonds is 5. The molecule has 2 aromatic rings. The van der Waals surface area contributed by atoms with E-state index in [1.165, 1.54) is 18.9 Å². The van der Waals surface area contributed by atoms with Crippen LogP contribution in [0.2, 0.25) is 0 Å². The zero-order valence-corrected chi connectivity index (χ0v) is 12.9. The largest absolute Gasteiger partial charge is 0.494 e. The summed E-state index contributed by atoms with van der Waals surface area (Å²) in [6.07, 6.45) is 1.55. The van der Waals surface area contributed by atoms with Crippen molar-refractivity contribution in [3.05, 3.63) is 30.2 Å². The van der Waals surface area contributed by atoms with Gasteiger partial charge in [0.2, 0.25) is 5.91 Å². The van der Waals surface area contributed by atoms with Gasteiger partial charge in [0.1, 0.15) is 12.0 Å². The Kier molecular flexibility index (Phi) is 4.74. The van der Waals surface area contributed by atoms with Crippen LogP contribution in [0.1, 0.15) is 12.6 Å². The highest BCUT2D eigenvalue weighted by Gasteiger charge is 2.18. The molecule has 3 N–H and O–H groups in total. The summed E-state index contributed by atoms with van der Waals surface area (Å²) in [7, 11) is 1.53. The summed E-state index contributed by atoms with van der Waals surface area (Å²) < 4.78 is 10.4. The molecule has 1 aromatic carbocycles. The second kappa shape index (κ2) is 6.53. The minimum Gasteiger partial charge on any atom is -0.494 e. The van der Waals surface area contributed by atoms with Crippen LogP contribution in [0.4, 0.5) is 11.4 Å². The van der Waals surface area contributed by atoms with Crippen LogP contribution in [-0.2, 0) is 4.79 Å². The lowest BCUT2D eigenvalue weighted by Crippen LogP contribution is -2.22. The van der Waals surface area contributed by atoms with Crippen molar-refractivity contribution >= 4 is 29.0 Å². The maximum atomic E-state index is 12.2. The maximum Gasteiger partial charge on any atom is 0.256 e. The highest BCUT2D eigenvalue weighted by molar-refractivity contribution is 8.00. The first-order valence-corrected chi connectivity index (χ1v) is 7.20. The zero-order valence-electron chi connectivity index (χ0n) is 12.0. The summed E-state index contributed by atoms with van der Waals surface area (Å²) in [5.41, 5.74) is 7.61. The fourth-order valence-electron chi connectivity index (χ4n) is 1.64. The van der Waals surface area contributed by atoms with Crippen LogP contribution < -0.4 is 15.8 Å². The number of thioether (sulfide) groups is 1. The Labute approximate surface area is 127 Å². The first-order valence-electron chi connectivity index (χ1n) is 6.32. The van der Waals surface area contributed by atoms with Crippen LogP contribution in [-0.4, -0.2) is 23.3 Å². The van der Waals surface area contributed by atoms with Gasteiger partial charge in [-0.05, 0) is 26.0 Å². The standard InChI is InChI=1S/C14H17N3O3S/c1-8-7-20-14(16-8)21-9(2)13(18)17-11-5-4-10(15)6-12(11)19-3/h4-7,9H,15H2,1-3H3,(H,17,18). The Bertz CT molecular complexity index is 642. The van der Waals surface area contributed by atoms with Crippen LogP contribution in [0, 0.1) is 6.92 Å². The zero-order chi connectivity index (χ0) is 15.4. The number of amides is 1. The fraction of sp³-hybridized carbons (Fsp3) is 0.286. The number of nitrogen functional groups attached to an aromatic ring is 1. The van der Waals surface area contributed by atoms with E-state index in [4.69, 9.17) is 14.9 Å². The molecule has 0 aliphatic heterocycles. The molecule has 1 heterocycles. The number of oxazole rings is 1. The van der Waals surface area contributed by atoms with Crippen molar-refractivity contribution in [2.24, 2.45) is 0 Å². The molecule has 1 unspecified atom stereocenters. The molecule has 0 fully saturated rings. The topological polar surface area (TPSA) is 90.4 Å². The highest BCUT2D eigenvalue weighted by Crippen LogP contribution is 2.28. The molecule has 6 nitrogen and oxygen atoms in total. The predicted octanol–water partition coefficient (Wildman–Crippen LogP) is 2.69. The van der Waals surface area contributed by atoms with Gasteiger partial charge in [-0.2, -0.15) is 0 Å². The number of nitrogens with two attached hydrogens (primary N) is 1. The Morgan fingerprint density at radius 3 is 2.90 bits per heavy atom. The third-order valence-electron chi connectivity index (χ3n) is 2.73. The smallest absolute Gasteiger partial charge is 0.256 e. The molecule has 0 aliphatic rings. The Hall–Kier alpha value is -2.15. The molecule has 1 atom stereocenters. The van der Waals surface area contributed by atoms with E-state index in [1.807, 2.05) is 6.92 Å². The van der Waals surface area contributed by atoms with Gasteiger partial charge < -0.3 is 20.2 Å². The highest BCUT2D eigenvalue weighted by atomic mass is 32.2. The third-order valence-corrected chi connectivity index (χ3v) is 3.68. The molecule has 0 radical (unpaired) electrons. The summed E-state index contributed by atoms with van der Waals surface area (Å²) in [6.45, 7) is 3.61. The maximum absolute atomic E-state index is 12.2. The lowest BCUT2D eigenvalue weighted by molar-refractivity contribution is -0.115. The Morgan fingerprint density at radius 1 is 1.52 bits per heavy atom. The van der Waals surface area contributed by atoms with E-state index < -0.39 is 0 Å². The SMILES string of the molecule is COc1cc(N)ccc1NC(=O)C(C)Sc1nc(C)co1. The number of ether oxygens (including phenoxy) is 1. The molecule has 0 bridgehead atoms. The van der Waals surface area contributed by atoms with Gasteiger partial charge in [0, 0.05) is 11.8 Å². The molecule has 7 heteroatoms. The van der Waals surface area contributed by atoms with Gasteiger partial charge >= 0.3 is 0 Å². The summed E-state index contributed by atoms with van der Waals surface area (Å²) in [6, 6.07) is 5.07. The molecular formula is C14H17N3O3S. The number of carbonyl (C=O) groups excluding carboxylic acids is 1. The summed E-state index contributed by atoms with van der Waals surface area (Å²) in [5, 5.41) is 2.92. The lowest BCUT2D eigenvalue weighted by Gasteiger charge is -2.13. The number of hydrogen-bond donors (Lipinski definition) is 2. The number of methoxy groups -OCH3 is 1. The summed E-state index contributed by atoms with van der Waals surface area (Å²) >= 11 is 1.25. The van der Waals surface area contributed by atoms with Gasteiger partial charge in [0.15, 0.2) is 0 Å². The Balaban J connectivity index is 2.03. The normalized spacial score (nSPS) is 12.0. The van der Waals surface area contributed by atoms with Gasteiger partial charge in [0.05, 0.1) is 23.7 Å². The van der Waals surface area contributed by atoms with Crippen molar-refractivity contribution in [2.45, 2.75) is 24.3 Å². The molecular weight excluding hydrogens is 290 g/mol. The number of aromatic nitrogens is 1. The monoisotopic (exact) mass is 307 g/mol. The Morgan fingerprint density at radius 2 is 2.29 bits per heavy atom. The van der Waals surface area contributed by atoms with Crippen molar-refractivity contribution in [3.8, 4) is 5.75 Å². The number of nitrogens with one attached hydrogen (secondary N) is 1. The molecule has 1 amide bonds. The van der Waals surface area contributed by atoms with Gasteiger partial charge in [-0.15, -0.1) is 0 Å². The van der Waals surface area contributed by atoms with Crippen molar-refractivity contribution in [3.63, 3.8) is 0 Å². The number of benzene rings is 1. The van der Waals surface area contributed by atoms with Crippen molar-refractivity contribution in [1.29, 1.82) is 0 Å². The number of aryl methyl sites for hydroxylation is 1. The first kappa shape index (κ1) is 15.2. The van der Waals surface area contributed by atoms with Gasteiger partial charge in [-0.1, -0.05) is 11.8 Å². The molecule has 21 heavy (non-hydrogen) atoms. The number of hydrogen-bond acceptors (Lipinski definition) is 6.